The Kier molecular flexibility index (Phi) is 7.28. The zero-order valence-corrected chi connectivity index (χ0v) is 21.7. The summed E-state index contributed by atoms with van der Waals surface area (Å²) in [4.78, 5) is 17.5. The molecule has 0 aliphatic heterocycles. The number of carbonyl (C=O) groups is 1. The number of rotatable bonds is 7. The lowest BCUT2D eigenvalue weighted by Gasteiger charge is -2.14. The second-order valence-electron chi connectivity index (χ2n) is 7.51. The number of hydrogen-bond donors (Lipinski definition) is 1. The maximum atomic E-state index is 12.7. The molecule has 0 saturated heterocycles. The number of hydrogen-bond acceptors (Lipinski definition) is 4. The van der Waals surface area contributed by atoms with Crippen LogP contribution in [0.4, 0.5) is 5.69 Å². The monoisotopic (exact) mass is 572 g/mol. The Morgan fingerprint density at radius 2 is 1.88 bits per heavy atom. The van der Waals surface area contributed by atoms with Gasteiger partial charge in [-0.05, 0) is 70.2 Å². The molecule has 1 aromatic heterocycles. The fraction of sp³-hybridized carbons (Fsp3) is 0.200. The predicted molar refractivity (Wildman–Crippen MR) is 140 cm³/mol. The molecule has 1 amide bonds. The molecule has 7 heteroatoms. The molecule has 0 spiro atoms. The second-order valence-corrected chi connectivity index (χ2v) is 10.3. The Labute approximate surface area is 208 Å². The van der Waals surface area contributed by atoms with Crippen LogP contribution in [0.5, 0.6) is 5.75 Å². The van der Waals surface area contributed by atoms with Gasteiger partial charge in [0.25, 0.3) is 5.91 Å². The number of para-hydroxylation sites is 1. The molecule has 0 unspecified atom stereocenters. The maximum absolute atomic E-state index is 12.7. The first kappa shape index (κ1) is 23.0. The van der Waals surface area contributed by atoms with Gasteiger partial charge in [0.1, 0.15) is 10.8 Å². The topological polar surface area (TPSA) is 51.2 Å². The molecule has 0 fully saturated rings. The van der Waals surface area contributed by atoms with Crippen LogP contribution in [0.3, 0.4) is 0 Å². The van der Waals surface area contributed by atoms with Gasteiger partial charge in [-0.15, -0.1) is 11.3 Å². The molecule has 1 N–H and O–H groups in total. The molecule has 4 rings (SSSR count). The predicted octanol–water partition coefficient (Wildman–Crippen LogP) is 8.02. The van der Waals surface area contributed by atoms with E-state index in [-0.39, 0.29) is 12.5 Å². The van der Waals surface area contributed by atoms with E-state index in [4.69, 9.17) is 9.72 Å². The van der Waals surface area contributed by atoms with Gasteiger partial charge in [-0.3, -0.25) is 4.79 Å². The van der Waals surface area contributed by atoms with E-state index in [0.29, 0.717) is 17.4 Å². The number of nitrogens with one attached hydrogen (secondary N) is 1. The van der Waals surface area contributed by atoms with Crippen LogP contribution in [0.15, 0.2) is 69.6 Å². The molecular formula is C25H22Br2N2O2S. The highest BCUT2D eigenvalue weighted by Gasteiger charge is 2.17. The SMILES string of the molecule is CC[C@@H](C)c1ccc(OCC(=O)Nc2c(Br)cc(Br)cc2-c2nc3ccccc3s2)cc1. The summed E-state index contributed by atoms with van der Waals surface area (Å²) in [6.45, 7) is 4.29. The lowest BCUT2D eigenvalue weighted by Crippen LogP contribution is -2.21. The average Bonchev–Trinajstić information content (AvgIpc) is 3.23. The highest BCUT2D eigenvalue weighted by atomic mass is 79.9. The number of nitrogens with zero attached hydrogens (tertiary/aromatic N) is 1. The summed E-state index contributed by atoms with van der Waals surface area (Å²) in [5.74, 6) is 0.942. The van der Waals surface area contributed by atoms with E-state index >= 15 is 0 Å². The Hall–Kier alpha value is -2.22. The molecule has 4 nitrogen and oxygen atoms in total. The van der Waals surface area contributed by atoms with Crippen molar-refractivity contribution in [1.29, 1.82) is 0 Å². The van der Waals surface area contributed by atoms with E-state index in [2.05, 4.69) is 63.2 Å². The number of thiazole rings is 1. The van der Waals surface area contributed by atoms with Crippen molar-refractivity contribution < 1.29 is 9.53 Å². The van der Waals surface area contributed by atoms with Crippen molar-refractivity contribution in [3.8, 4) is 16.3 Å². The number of anilines is 1. The van der Waals surface area contributed by atoms with Crippen molar-refractivity contribution in [1.82, 2.24) is 4.98 Å². The van der Waals surface area contributed by atoms with Crippen molar-refractivity contribution >= 4 is 65.0 Å². The summed E-state index contributed by atoms with van der Waals surface area (Å²) >= 11 is 8.72. The van der Waals surface area contributed by atoms with Gasteiger partial charge < -0.3 is 10.1 Å². The molecule has 1 atom stereocenters. The second kappa shape index (κ2) is 10.1. The van der Waals surface area contributed by atoms with Crippen molar-refractivity contribution in [3.05, 3.63) is 75.2 Å². The largest absolute Gasteiger partial charge is 0.484 e. The summed E-state index contributed by atoms with van der Waals surface area (Å²) < 4.78 is 8.48. The van der Waals surface area contributed by atoms with E-state index in [0.717, 1.165) is 36.2 Å². The van der Waals surface area contributed by atoms with E-state index < -0.39 is 0 Å². The fourth-order valence-corrected chi connectivity index (χ4v) is 5.62. The molecule has 32 heavy (non-hydrogen) atoms. The van der Waals surface area contributed by atoms with Gasteiger partial charge >= 0.3 is 0 Å². The minimum absolute atomic E-state index is 0.0789. The number of ether oxygens (including phenoxy) is 1. The fourth-order valence-electron chi connectivity index (χ4n) is 3.31. The molecule has 3 aromatic carbocycles. The smallest absolute Gasteiger partial charge is 0.262 e. The summed E-state index contributed by atoms with van der Waals surface area (Å²) in [6.07, 6.45) is 1.08. The summed E-state index contributed by atoms with van der Waals surface area (Å²) in [5.41, 5.74) is 3.72. The van der Waals surface area contributed by atoms with E-state index in [1.807, 2.05) is 48.5 Å². The van der Waals surface area contributed by atoms with E-state index in [1.165, 1.54) is 5.56 Å². The Morgan fingerprint density at radius 3 is 2.59 bits per heavy atom. The third kappa shape index (κ3) is 5.22. The highest BCUT2D eigenvalue weighted by Crippen LogP contribution is 2.40. The molecule has 4 aromatic rings. The minimum atomic E-state index is -0.235. The number of amides is 1. The quantitative estimate of drug-likeness (QED) is 0.243. The molecule has 0 aliphatic rings. The summed E-state index contributed by atoms with van der Waals surface area (Å²) in [5, 5.41) is 3.83. The van der Waals surface area contributed by atoms with Crippen molar-refractivity contribution in [2.45, 2.75) is 26.2 Å². The average molecular weight is 574 g/mol. The van der Waals surface area contributed by atoms with Gasteiger partial charge in [0.05, 0.1) is 15.9 Å². The molecule has 0 saturated carbocycles. The van der Waals surface area contributed by atoms with Crippen LogP contribution in [0.1, 0.15) is 31.7 Å². The number of aromatic nitrogens is 1. The minimum Gasteiger partial charge on any atom is -0.484 e. The molecule has 164 valence electrons. The van der Waals surface area contributed by atoms with Gasteiger partial charge in [0.15, 0.2) is 6.61 Å². The molecule has 0 bridgehead atoms. The highest BCUT2D eigenvalue weighted by molar-refractivity contribution is 9.11. The van der Waals surface area contributed by atoms with Gasteiger partial charge in [-0.2, -0.15) is 0 Å². The van der Waals surface area contributed by atoms with Crippen LogP contribution in [-0.4, -0.2) is 17.5 Å². The molecule has 1 heterocycles. The third-order valence-electron chi connectivity index (χ3n) is 5.28. The number of carbonyl (C=O) groups excluding carboxylic acids is 1. The number of fused-ring (bicyclic) bond motifs is 1. The Balaban J connectivity index is 1.52. The van der Waals surface area contributed by atoms with Crippen molar-refractivity contribution in [2.24, 2.45) is 0 Å². The first-order chi connectivity index (χ1) is 15.4. The van der Waals surface area contributed by atoms with Crippen LogP contribution in [-0.2, 0) is 4.79 Å². The Morgan fingerprint density at radius 1 is 1.12 bits per heavy atom. The van der Waals surface area contributed by atoms with Crippen LogP contribution in [0, 0.1) is 0 Å². The van der Waals surface area contributed by atoms with Gasteiger partial charge in [0.2, 0.25) is 0 Å². The lowest BCUT2D eigenvalue weighted by atomic mass is 9.99. The molecular weight excluding hydrogens is 552 g/mol. The van der Waals surface area contributed by atoms with Crippen molar-refractivity contribution in [3.63, 3.8) is 0 Å². The molecule has 0 radical (unpaired) electrons. The van der Waals surface area contributed by atoms with Crippen molar-refractivity contribution in [2.75, 3.05) is 11.9 Å². The van der Waals surface area contributed by atoms with Gasteiger partial charge in [-0.25, -0.2) is 4.98 Å². The van der Waals surface area contributed by atoms with Gasteiger partial charge in [0, 0.05) is 14.5 Å². The summed E-state index contributed by atoms with van der Waals surface area (Å²) in [6, 6.07) is 19.8. The standard InChI is InChI=1S/C25H22Br2N2O2S/c1-3-15(2)16-8-10-18(11-9-16)31-14-23(30)29-24-19(12-17(26)13-20(24)27)25-28-21-6-4-5-7-22(21)32-25/h4-13,15H,3,14H2,1-2H3,(H,29,30)/t15-/m1/s1. The first-order valence-electron chi connectivity index (χ1n) is 10.3. The van der Waals surface area contributed by atoms with E-state index in [9.17, 15) is 4.79 Å². The van der Waals surface area contributed by atoms with Crippen LogP contribution >= 0.6 is 43.2 Å². The number of halogens is 2. The zero-order chi connectivity index (χ0) is 22.7. The van der Waals surface area contributed by atoms with E-state index in [1.54, 1.807) is 11.3 Å². The third-order valence-corrected chi connectivity index (χ3v) is 7.43. The van der Waals surface area contributed by atoms with Crippen LogP contribution < -0.4 is 10.1 Å². The van der Waals surface area contributed by atoms with Gasteiger partial charge in [-0.1, -0.05) is 54.0 Å². The first-order valence-corrected chi connectivity index (χ1v) is 12.7. The number of benzene rings is 3. The molecule has 0 aliphatic carbocycles. The zero-order valence-electron chi connectivity index (χ0n) is 17.7. The lowest BCUT2D eigenvalue weighted by molar-refractivity contribution is -0.118. The maximum Gasteiger partial charge on any atom is 0.262 e. The summed E-state index contributed by atoms with van der Waals surface area (Å²) in [7, 11) is 0. The van der Waals surface area contributed by atoms with Crippen LogP contribution in [0.25, 0.3) is 20.8 Å². The normalized spacial score (nSPS) is 12.0. The van der Waals surface area contributed by atoms with Crippen LogP contribution in [0.2, 0.25) is 0 Å². The Bertz CT molecular complexity index is 1220.